The molecule has 13 nitrogen and oxygen atoms in total. The maximum Gasteiger partial charge on any atom is 0.305 e. The fourth-order valence-corrected chi connectivity index (χ4v) is 6.14. The smallest absolute Gasteiger partial charge is 0.305 e. The number of imide groups is 2. The minimum Gasteiger partial charge on any atom is -0.485 e. The summed E-state index contributed by atoms with van der Waals surface area (Å²) >= 11 is 1.45. The minimum absolute atomic E-state index is 0.00457. The molecule has 0 fully saturated rings. The third kappa shape index (κ3) is 5.73. The molecular weight excluding hydrogens is 608 g/mol. The standard InChI is InChI=1S/C31H28N2O11S/c1-40-11-9-32-28(36)18-5-7-20-27-21(8-6-19(26(18)27)29(32)37)31(39)33(30(20)38)10-12-41-24(34)3-2-4-25(35)43-14-17-13-42-22-15-45-16-23(22)44-17/h5-8,15-17H,2-4,9-14H2,1H3. The Balaban J connectivity index is 1.00. The zero-order valence-corrected chi connectivity index (χ0v) is 25.0. The highest BCUT2D eigenvalue weighted by Crippen LogP contribution is 2.38. The van der Waals surface area contributed by atoms with Crippen LogP contribution in [0.2, 0.25) is 0 Å². The van der Waals surface area contributed by atoms with Gasteiger partial charge in [-0.2, -0.15) is 0 Å². The van der Waals surface area contributed by atoms with Gasteiger partial charge in [0.15, 0.2) is 17.6 Å². The van der Waals surface area contributed by atoms with E-state index in [0.29, 0.717) is 11.5 Å². The molecule has 1 atom stereocenters. The van der Waals surface area contributed by atoms with Gasteiger partial charge in [-0.1, -0.05) is 0 Å². The number of fused-ring (bicyclic) bond motifs is 1. The van der Waals surface area contributed by atoms with E-state index in [1.807, 2.05) is 5.38 Å². The van der Waals surface area contributed by atoms with Gasteiger partial charge in [-0.05, 0) is 30.7 Å². The van der Waals surface area contributed by atoms with Crippen LogP contribution in [-0.4, -0.2) is 98.1 Å². The molecule has 3 aliphatic rings. The lowest BCUT2D eigenvalue weighted by molar-refractivity contribution is -0.147. The van der Waals surface area contributed by atoms with Crippen LogP contribution >= 0.6 is 11.3 Å². The highest BCUT2D eigenvalue weighted by Gasteiger charge is 2.39. The molecule has 1 unspecified atom stereocenters. The zero-order chi connectivity index (χ0) is 31.7. The summed E-state index contributed by atoms with van der Waals surface area (Å²) in [5.74, 6) is -2.10. The number of hydrogen-bond acceptors (Lipinski definition) is 12. The van der Waals surface area contributed by atoms with Crippen LogP contribution in [0.3, 0.4) is 0 Å². The van der Waals surface area contributed by atoms with Crippen LogP contribution in [0, 0.1) is 0 Å². The topological polar surface area (TPSA) is 155 Å². The molecule has 4 amide bonds. The second-order valence-electron chi connectivity index (χ2n) is 10.5. The van der Waals surface area contributed by atoms with E-state index in [2.05, 4.69) is 0 Å². The number of hydrogen-bond donors (Lipinski definition) is 0. The van der Waals surface area contributed by atoms with Gasteiger partial charge in [-0.15, -0.1) is 11.3 Å². The minimum atomic E-state index is -0.626. The molecule has 0 N–H and O–H groups in total. The number of thiophene rings is 1. The molecule has 6 rings (SSSR count). The fourth-order valence-electron chi connectivity index (χ4n) is 5.46. The molecule has 4 heterocycles. The lowest BCUT2D eigenvalue weighted by Gasteiger charge is -2.31. The van der Waals surface area contributed by atoms with Crippen LogP contribution in [0.25, 0.3) is 10.8 Å². The number of nitrogens with zero attached hydrogens (tertiary/aromatic N) is 2. The highest BCUT2D eigenvalue weighted by atomic mass is 32.1. The number of benzene rings is 2. The molecule has 0 bridgehead atoms. The number of amides is 4. The van der Waals surface area contributed by atoms with Crippen molar-refractivity contribution in [2.75, 3.05) is 46.6 Å². The Morgan fingerprint density at radius 1 is 0.778 bits per heavy atom. The zero-order valence-electron chi connectivity index (χ0n) is 24.2. The number of carbonyl (C=O) groups excluding carboxylic acids is 6. The maximum absolute atomic E-state index is 13.4. The van der Waals surface area contributed by atoms with Crippen LogP contribution in [0.1, 0.15) is 60.7 Å². The fraction of sp³-hybridized carbons (Fsp3) is 0.355. The highest BCUT2D eigenvalue weighted by molar-refractivity contribution is 7.08. The molecule has 3 aromatic rings. The molecule has 1 aromatic heterocycles. The number of carbonyl (C=O) groups is 6. The third-order valence-electron chi connectivity index (χ3n) is 7.66. The van der Waals surface area contributed by atoms with E-state index >= 15 is 0 Å². The monoisotopic (exact) mass is 636 g/mol. The Bertz CT molecular complexity index is 1660. The number of rotatable bonds is 12. The lowest BCUT2D eigenvalue weighted by atomic mass is 9.86. The maximum atomic E-state index is 13.4. The Morgan fingerprint density at radius 2 is 1.29 bits per heavy atom. The number of esters is 2. The molecule has 3 aliphatic heterocycles. The molecule has 234 valence electrons. The normalized spacial score (nSPS) is 16.8. The van der Waals surface area contributed by atoms with Crippen molar-refractivity contribution in [2.45, 2.75) is 25.4 Å². The lowest BCUT2D eigenvalue weighted by Crippen LogP contribution is -2.45. The second kappa shape index (κ2) is 12.7. The quantitative estimate of drug-likeness (QED) is 0.213. The predicted octanol–water partition coefficient (Wildman–Crippen LogP) is 2.84. The Kier molecular flexibility index (Phi) is 8.50. The number of methoxy groups -OCH3 is 1. The van der Waals surface area contributed by atoms with Gasteiger partial charge in [0.2, 0.25) is 0 Å². The van der Waals surface area contributed by atoms with Crippen molar-refractivity contribution >= 4 is 57.7 Å². The molecule has 0 saturated carbocycles. The van der Waals surface area contributed by atoms with Crippen LogP contribution in [0.4, 0.5) is 0 Å². The first-order chi connectivity index (χ1) is 21.8. The predicted molar refractivity (Wildman–Crippen MR) is 157 cm³/mol. The summed E-state index contributed by atoms with van der Waals surface area (Å²) in [4.78, 5) is 79.3. The first kappa shape index (κ1) is 30.2. The van der Waals surface area contributed by atoms with Gasteiger partial charge in [0.1, 0.15) is 19.8 Å². The summed E-state index contributed by atoms with van der Waals surface area (Å²) in [6.07, 6.45) is -0.288. The van der Waals surface area contributed by atoms with Crippen LogP contribution in [0.5, 0.6) is 11.5 Å². The van der Waals surface area contributed by atoms with Crippen molar-refractivity contribution in [1.82, 2.24) is 9.80 Å². The van der Waals surface area contributed by atoms with E-state index in [4.69, 9.17) is 23.7 Å². The van der Waals surface area contributed by atoms with Crippen molar-refractivity contribution in [2.24, 2.45) is 0 Å². The van der Waals surface area contributed by atoms with Gasteiger partial charge in [0.05, 0.1) is 19.7 Å². The van der Waals surface area contributed by atoms with Gasteiger partial charge in [0, 0.05) is 63.7 Å². The third-order valence-corrected chi connectivity index (χ3v) is 8.36. The summed E-state index contributed by atoms with van der Waals surface area (Å²) in [6.45, 7) is 0.0730. The van der Waals surface area contributed by atoms with Crippen molar-refractivity contribution in [1.29, 1.82) is 0 Å². The summed E-state index contributed by atoms with van der Waals surface area (Å²) < 4.78 is 26.7. The molecule has 2 aromatic carbocycles. The van der Waals surface area contributed by atoms with Crippen LogP contribution in [-0.2, 0) is 23.8 Å². The SMILES string of the molecule is COCCN1C(=O)c2ccc3c4c(ccc(c24)C1=O)C(=O)N(CCOC(=O)CCCC(=O)OCC1COc2cscc2O1)C3=O. The van der Waals surface area contributed by atoms with Gasteiger partial charge >= 0.3 is 11.9 Å². The van der Waals surface area contributed by atoms with Gasteiger partial charge in [0.25, 0.3) is 23.6 Å². The summed E-state index contributed by atoms with van der Waals surface area (Å²) in [5, 5.41) is 4.17. The number of ether oxygens (including phenoxy) is 5. The van der Waals surface area contributed by atoms with Crippen LogP contribution in [0.15, 0.2) is 35.0 Å². The average molecular weight is 637 g/mol. The summed E-state index contributed by atoms with van der Waals surface area (Å²) in [5.41, 5.74) is 0.784. The van der Waals surface area contributed by atoms with Gasteiger partial charge < -0.3 is 23.7 Å². The van der Waals surface area contributed by atoms with Gasteiger partial charge in [-0.25, -0.2) is 0 Å². The van der Waals surface area contributed by atoms with Crippen LogP contribution < -0.4 is 9.47 Å². The van der Waals surface area contributed by atoms with E-state index in [0.717, 1.165) is 9.80 Å². The van der Waals surface area contributed by atoms with E-state index in [-0.39, 0.29) is 91.8 Å². The molecule has 0 radical (unpaired) electrons. The Morgan fingerprint density at radius 3 is 1.84 bits per heavy atom. The molecular formula is C31H28N2O11S. The Hall–Kier alpha value is -4.82. The van der Waals surface area contributed by atoms with E-state index < -0.39 is 41.7 Å². The molecule has 0 aliphatic carbocycles. The first-order valence-corrected chi connectivity index (χ1v) is 15.2. The summed E-state index contributed by atoms with van der Waals surface area (Å²) in [6, 6.07) is 5.89. The van der Waals surface area contributed by atoms with Gasteiger partial charge in [-0.3, -0.25) is 38.6 Å². The van der Waals surface area contributed by atoms with Crippen molar-refractivity contribution in [3.63, 3.8) is 0 Å². The van der Waals surface area contributed by atoms with E-state index in [1.165, 1.54) is 42.7 Å². The largest absolute Gasteiger partial charge is 0.485 e. The molecule has 45 heavy (non-hydrogen) atoms. The Labute approximate surface area is 260 Å². The molecule has 0 spiro atoms. The molecule has 0 saturated heterocycles. The van der Waals surface area contributed by atoms with Crippen molar-refractivity contribution in [3.8, 4) is 11.5 Å². The first-order valence-electron chi connectivity index (χ1n) is 14.3. The summed E-state index contributed by atoms with van der Waals surface area (Å²) in [7, 11) is 1.46. The van der Waals surface area contributed by atoms with Crippen molar-refractivity contribution < 1.29 is 52.5 Å². The van der Waals surface area contributed by atoms with E-state index in [9.17, 15) is 28.8 Å². The van der Waals surface area contributed by atoms with Crippen molar-refractivity contribution in [3.05, 3.63) is 57.3 Å². The second-order valence-corrected chi connectivity index (χ2v) is 11.2. The molecule has 14 heteroatoms. The average Bonchev–Trinajstić information content (AvgIpc) is 3.51. The van der Waals surface area contributed by atoms with E-state index in [1.54, 1.807) is 5.38 Å².